The van der Waals surface area contributed by atoms with Crippen LogP contribution in [0, 0.1) is 0 Å². The molecule has 4 rings (SSSR count). The van der Waals surface area contributed by atoms with Gasteiger partial charge in [0.05, 0.1) is 18.1 Å². The lowest BCUT2D eigenvalue weighted by molar-refractivity contribution is 0.104. The number of aromatic nitrogens is 2. The van der Waals surface area contributed by atoms with E-state index in [4.69, 9.17) is 16.3 Å². The van der Waals surface area contributed by atoms with E-state index in [2.05, 4.69) is 11.1 Å². The van der Waals surface area contributed by atoms with Crippen LogP contribution in [0.3, 0.4) is 0 Å². The first kappa shape index (κ1) is 20.7. The molecule has 4 aromatic rings. The highest BCUT2D eigenvalue weighted by Crippen LogP contribution is 2.33. The molecule has 0 radical (unpaired) electrons. The number of methoxy groups -OCH3 is 1. The zero-order valence-electron chi connectivity index (χ0n) is 17.5. The summed E-state index contributed by atoms with van der Waals surface area (Å²) < 4.78 is 7.51. The Bertz CT molecular complexity index is 1290. The largest absolute Gasteiger partial charge is 0.496 e. The van der Waals surface area contributed by atoms with Crippen molar-refractivity contribution in [2.45, 2.75) is 0 Å². The summed E-state index contributed by atoms with van der Waals surface area (Å²) in [5.74, 6) is 0.700. The molecule has 0 aliphatic carbocycles. The van der Waals surface area contributed by atoms with Crippen LogP contribution in [0.15, 0.2) is 79.3 Å². The maximum atomic E-state index is 12.4. The van der Waals surface area contributed by atoms with Crippen molar-refractivity contribution in [1.29, 1.82) is 0 Å². The smallest absolute Gasteiger partial charge is 0.187 e. The first-order chi connectivity index (χ1) is 15.0. The molecule has 0 unspecified atom stereocenters. The summed E-state index contributed by atoms with van der Waals surface area (Å²) in [5, 5.41) is 0.648. The molecule has 0 aliphatic heterocycles. The summed E-state index contributed by atoms with van der Waals surface area (Å²) in [5.41, 5.74) is 5.14. The van der Waals surface area contributed by atoms with Gasteiger partial charge in [-0.05, 0) is 54.1 Å². The number of nitrogens with zero attached hydrogens (tertiary/aromatic N) is 3. The molecule has 0 aliphatic rings. The van der Waals surface area contributed by atoms with Gasteiger partial charge in [0.1, 0.15) is 12.1 Å². The van der Waals surface area contributed by atoms with E-state index in [1.54, 1.807) is 25.7 Å². The number of rotatable bonds is 6. The topological polar surface area (TPSA) is 47.4 Å². The minimum absolute atomic E-state index is 0.0554. The van der Waals surface area contributed by atoms with E-state index in [1.807, 2.05) is 78.2 Å². The van der Waals surface area contributed by atoms with Crippen molar-refractivity contribution >= 4 is 28.4 Å². The van der Waals surface area contributed by atoms with E-state index >= 15 is 0 Å². The maximum absolute atomic E-state index is 12.4. The van der Waals surface area contributed by atoms with Crippen molar-refractivity contribution in [3.8, 4) is 22.6 Å². The Morgan fingerprint density at radius 2 is 1.94 bits per heavy atom. The monoisotopic (exact) mass is 431 g/mol. The molecule has 156 valence electrons. The van der Waals surface area contributed by atoms with Crippen molar-refractivity contribution in [2.75, 3.05) is 21.2 Å². The van der Waals surface area contributed by atoms with Crippen LogP contribution < -0.4 is 4.74 Å². The van der Waals surface area contributed by atoms with Gasteiger partial charge in [-0.25, -0.2) is 4.98 Å². The highest BCUT2D eigenvalue weighted by molar-refractivity contribution is 6.31. The molecule has 0 amide bonds. The van der Waals surface area contributed by atoms with Crippen molar-refractivity contribution in [3.63, 3.8) is 0 Å². The molecule has 0 bridgehead atoms. The Morgan fingerprint density at radius 3 is 2.71 bits per heavy atom. The van der Waals surface area contributed by atoms with E-state index in [9.17, 15) is 4.79 Å². The lowest BCUT2D eigenvalue weighted by Gasteiger charge is -2.11. The lowest BCUT2D eigenvalue weighted by atomic mass is 10.0. The van der Waals surface area contributed by atoms with Crippen molar-refractivity contribution in [3.05, 3.63) is 89.9 Å². The fourth-order valence-electron chi connectivity index (χ4n) is 3.41. The zero-order valence-corrected chi connectivity index (χ0v) is 18.3. The van der Waals surface area contributed by atoms with Crippen LogP contribution in [-0.4, -0.2) is 41.4 Å². The molecule has 3 aromatic carbocycles. The van der Waals surface area contributed by atoms with Crippen LogP contribution in [0.1, 0.15) is 10.4 Å². The minimum Gasteiger partial charge on any atom is -0.496 e. The number of benzene rings is 3. The van der Waals surface area contributed by atoms with Crippen molar-refractivity contribution in [1.82, 2.24) is 14.5 Å². The van der Waals surface area contributed by atoms with E-state index in [0.717, 1.165) is 33.6 Å². The summed E-state index contributed by atoms with van der Waals surface area (Å²) in [7, 11) is 5.40. The normalized spacial score (nSPS) is 11.2. The number of carbonyl (C=O) groups excluding carboxylic acids is 1. The fraction of sp³-hybridized carbons (Fsp3) is 0.120. The summed E-state index contributed by atoms with van der Waals surface area (Å²) in [6, 6.07) is 19.2. The van der Waals surface area contributed by atoms with Crippen molar-refractivity contribution in [2.24, 2.45) is 0 Å². The van der Waals surface area contributed by atoms with Gasteiger partial charge in [0.25, 0.3) is 0 Å². The molecule has 0 spiro atoms. The number of hydrogen-bond acceptors (Lipinski definition) is 4. The molecule has 0 saturated heterocycles. The molecule has 6 heteroatoms. The van der Waals surface area contributed by atoms with E-state index < -0.39 is 0 Å². The number of imidazole rings is 1. The first-order valence-corrected chi connectivity index (χ1v) is 10.1. The summed E-state index contributed by atoms with van der Waals surface area (Å²) in [6.45, 7) is 0. The standard InChI is InChI=1S/C25H22ClN3O2/c1-28(2)12-11-24(30)18-7-9-23-22(14-18)27-16-29(23)20-6-4-5-17(13-20)21-15-19(26)8-10-25(21)31-3/h4-16H,1-3H3/b12-11+. The zero-order chi connectivity index (χ0) is 22.0. The molecule has 1 aromatic heterocycles. The molecule has 0 saturated carbocycles. The quantitative estimate of drug-likeness (QED) is 0.294. The average molecular weight is 432 g/mol. The second-order valence-corrected chi connectivity index (χ2v) is 7.79. The van der Waals surface area contributed by atoms with Crippen LogP contribution in [0.5, 0.6) is 5.75 Å². The molecule has 0 atom stereocenters. The van der Waals surface area contributed by atoms with Gasteiger partial charge < -0.3 is 9.64 Å². The van der Waals surface area contributed by atoms with Crippen LogP contribution in [-0.2, 0) is 0 Å². The van der Waals surface area contributed by atoms with Gasteiger partial charge >= 0.3 is 0 Å². The Morgan fingerprint density at radius 1 is 1.10 bits per heavy atom. The number of carbonyl (C=O) groups is 1. The third kappa shape index (κ3) is 4.32. The fourth-order valence-corrected chi connectivity index (χ4v) is 3.59. The highest BCUT2D eigenvalue weighted by Gasteiger charge is 2.11. The predicted octanol–water partition coefficient (Wildman–Crippen LogP) is 5.61. The number of ether oxygens (including phenoxy) is 1. The number of hydrogen-bond donors (Lipinski definition) is 0. The molecule has 0 fully saturated rings. The predicted molar refractivity (Wildman–Crippen MR) is 125 cm³/mol. The van der Waals surface area contributed by atoms with Crippen LogP contribution in [0.25, 0.3) is 27.8 Å². The number of allylic oxidation sites excluding steroid dienone is 1. The first-order valence-electron chi connectivity index (χ1n) is 9.76. The molecule has 0 N–H and O–H groups in total. The molecular weight excluding hydrogens is 410 g/mol. The van der Waals surface area contributed by atoms with Crippen LogP contribution in [0.2, 0.25) is 5.02 Å². The Kier molecular flexibility index (Phi) is 5.78. The lowest BCUT2D eigenvalue weighted by Crippen LogP contribution is -2.03. The number of fused-ring (bicyclic) bond motifs is 1. The highest BCUT2D eigenvalue weighted by atomic mass is 35.5. The Hall–Kier alpha value is -3.57. The van der Waals surface area contributed by atoms with E-state index in [-0.39, 0.29) is 5.78 Å². The van der Waals surface area contributed by atoms with Gasteiger partial charge in [0.15, 0.2) is 5.78 Å². The van der Waals surface area contributed by atoms with E-state index in [1.165, 1.54) is 0 Å². The van der Waals surface area contributed by atoms with Gasteiger partial charge in [-0.1, -0.05) is 23.7 Å². The summed E-state index contributed by atoms with van der Waals surface area (Å²) in [6.07, 6.45) is 5.06. The molecule has 1 heterocycles. The van der Waals surface area contributed by atoms with Gasteiger partial charge in [-0.15, -0.1) is 0 Å². The SMILES string of the molecule is COc1ccc(Cl)cc1-c1cccc(-n2cnc3cc(C(=O)/C=C/N(C)C)ccc32)c1. The third-order valence-electron chi connectivity index (χ3n) is 4.95. The summed E-state index contributed by atoms with van der Waals surface area (Å²) in [4.78, 5) is 18.7. The average Bonchev–Trinajstić information content (AvgIpc) is 3.20. The second-order valence-electron chi connectivity index (χ2n) is 7.36. The Labute approximate surface area is 186 Å². The molecule has 31 heavy (non-hydrogen) atoms. The third-order valence-corrected chi connectivity index (χ3v) is 5.19. The van der Waals surface area contributed by atoms with Gasteiger partial charge in [0, 0.05) is 48.2 Å². The number of halogens is 1. The second kappa shape index (κ2) is 8.66. The van der Waals surface area contributed by atoms with Gasteiger partial charge in [0.2, 0.25) is 0 Å². The summed E-state index contributed by atoms with van der Waals surface area (Å²) >= 11 is 6.22. The number of ketones is 1. The van der Waals surface area contributed by atoms with Gasteiger partial charge in [-0.2, -0.15) is 0 Å². The molecular formula is C25H22ClN3O2. The Balaban J connectivity index is 1.73. The van der Waals surface area contributed by atoms with Crippen molar-refractivity contribution < 1.29 is 9.53 Å². The van der Waals surface area contributed by atoms with Crippen LogP contribution in [0.4, 0.5) is 0 Å². The maximum Gasteiger partial charge on any atom is 0.187 e. The van der Waals surface area contributed by atoms with Crippen LogP contribution >= 0.6 is 11.6 Å². The van der Waals surface area contributed by atoms with Gasteiger partial charge in [-0.3, -0.25) is 9.36 Å². The minimum atomic E-state index is -0.0554. The molecule has 5 nitrogen and oxygen atoms in total. The van der Waals surface area contributed by atoms with E-state index in [0.29, 0.717) is 10.6 Å².